The summed E-state index contributed by atoms with van der Waals surface area (Å²) in [6.45, 7) is 3.15. The van der Waals surface area contributed by atoms with Gasteiger partial charge in [-0.05, 0) is 71.8 Å². The van der Waals surface area contributed by atoms with Crippen molar-refractivity contribution in [2.75, 3.05) is 11.9 Å². The Balaban J connectivity index is 1.61. The number of carbonyl (C=O) groups excluding carboxylic acids is 1. The standard InChI is InChI=1S/C22H19N3OS/c1-13-19(12-24-20-3-2-7-23-22(13)20)14-4-5-15-10-21(26)18(17(15)9-14)11-16-6-8-25-27-16/h4-6,8-9,11-12,23H,2-3,7,10H2,1H3/b18-11-. The van der Waals surface area contributed by atoms with Crippen LogP contribution in [0.2, 0.25) is 0 Å². The fourth-order valence-corrected chi connectivity index (χ4v) is 4.54. The van der Waals surface area contributed by atoms with Crippen LogP contribution in [0, 0.1) is 6.92 Å². The van der Waals surface area contributed by atoms with Gasteiger partial charge in [-0.1, -0.05) is 12.1 Å². The summed E-state index contributed by atoms with van der Waals surface area (Å²) in [6.07, 6.45) is 8.35. The molecule has 4 nitrogen and oxygen atoms in total. The Kier molecular flexibility index (Phi) is 3.90. The first-order valence-electron chi connectivity index (χ1n) is 9.22. The average molecular weight is 373 g/mol. The first-order valence-corrected chi connectivity index (χ1v) is 9.99. The zero-order chi connectivity index (χ0) is 18.4. The van der Waals surface area contributed by atoms with Crippen molar-refractivity contribution < 1.29 is 4.79 Å². The van der Waals surface area contributed by atoms with Crippen LogP contribution in [0.3, 0.4) is 0 Å². The van der Waals surface area contributed by atoms with Crippen LogP contribution in [0.4, 0.5) is 5.69 Å². The molecular weight excluding hydrogens is 354 g/mol. The van der Waals surface area contributed by atoms with E-state index in [2.05, 4.69) is 34.8 Å². The molecule has 0 saturated carbocycles. The van der Waals surface area contributed by atoms with Crippen molar-refractivity contribution in [1.82, 2.24) is 9.36 Å². The van der Waals surface area contributed by atoms with Crippen LogP contribution in [0.5, 0.6) is 0 Å². The van der Waals surface area contributed by atoms with Gasteiger partial charge in [0.25, 0.3) is 0 Å². The fraction of sp³-hybridized carbons (Fsp3) is 0.227. The number of fused-ring (bicyclic) bond motifs is 2. The van der Waals surface area contributed by atoms with Gasteiger partial charge >= 0.3 is 0 Å². The number of aromatic nitrogens is 2. The number of carbonyl (C=O) groups is 1. The average Bonchev–Trinajstić information content (AvgIpc) is 3.31. The molecule has 3 heterocycles. The summed E-state index contributed by atoms with van der Waals surface area (Å²) in [4.78, 5) is 18.3. The second-order valence-electron chi connectivity index (χ2n) is 7.09. The van der Waals surface area contributed by atoms with Gasteiger partial charge in [0.2, 0.25) is 0 Å². The van der Waals surface area contributed by atoms with Gasteiger partial charge in [-0.15, -0.1) is 0 Å². The highest BCUT2D eigenvalue weighted by atomic mass is 32.1. The van der Waals surface area contributed by atoms with E-state index in [4.69, 9.17) is 4.98 Å². The fourth-order valence-electron chi connectivity index (χ4n) is 4.01. The first kappa shape index (κ1) is 16.4. The van der Waals surface area contributed by atoms with Crippen LogP contribution in [-0.2, 0) is 17.6 Å². The number of hydrogen-bond acceptors (Lipinski definition) is 5. The van der Waals surface area contributed by atoms with E-state index in [0.29, 0.717) is 6.42 Å². The highest BCUT2D eigenvalue weighted by Crippen LogP contribution is 2.37. The largest absolute Gasteiger partial charge is 0.383 e. The minimum atomic E-state index is 0.178. The molecule has 134 valence electrons. The van der Waals surface area contributed by atoms with E-state index in [0.717, 1.165) is 57.8 Å². The van der Waals surface area contributed by atoms with E-state index in [1.54, 1.807) is 6.20 Å². The number of ketones is 1. The number of nitrogens with one attached hydrogen (secondary N) is 1. The zero-order valence-corrected chi connectivity index (χ0v) is 15.9. The van der Waals surface area contributed by atoms with Crippen molar-refractivity contribution in [1.29, 1.82) is 0 Å². The number of anilines is 1. The van der Waals surface area contributed by atoms with Crippen LogP contribution in [0.25, 0.3) is 22.8 Å². The number of Topliss-reactive ketones (excluding diaryl/α,β-unsaturated/α-hetero) is 1. The quantitative estimate of drug-likeness (QED) is 0.670. The van der Waals surface area contributed by atoms with Crippen LogP contribution < -0.4 is 5.32 Å². The predicted molar refractivity (Wildman–Crippen MR) is 110 cm³/mol. The van der Waals surface area contributed by atoms with Crippen molar-refractivity contribution in [2.45, 2.75) is 26.2 Å². The molecule has 1 N–H and O–H groups in total. The number of aryl methyl sites for hydroxylation is 1. The minimum absolute atomic E-state index is 0.178. The summed E-state index contributed by atoms with van der Waals surface area (Å²) in [5, 5.41) is 3.51. The summed E-state index contributed by atoms with van der Waals surface area (Å²) in [5.41, 5.74) is 8.73. The molecule has 0 fully saturated rings. The lowest BCUT2D eigenvalue weighted by Crippen LogP contribution is -2.14. The lowest BCUT2D eigenvalue weighted by molar-refractivity contribution is -0.112. The monoisotopic (exact) mass is 373 g/mol. The molecule has 0 saturated heterocycles. The molecule has 0 unspecified atom stereocenters. The van der Waals surface area contributed by atoms with Crippen LogP contribution in [-0.4, -0.2) is 21.7 Å². The van der Waals surface area contributed by atoms with E-state index in [1.807, 2.05) is 18.3 Å². The molecule has 5 heteroatoms. The van der Waals surface area contributed by atoms with Crippen molar-refractivity contribution >= 4 is 34.7 Å². The van der Waals surface area contributed by atoms with Gasteiger partial charge in [-0.25, -0.2) is 4.37 Å². The Hall–Kier alpha value is -2.79. The van der Waals surface area contributed by atoms with Crippen molar-refractivity contribution in [3.63, 3.8) is 0 Å². The third-order valence-electron chi connectivity index (χ3n) is 5.42. The van der Waals surface area contributed by atoms with Gasteiger partial charge in [0.15, 0.2) is 5.78 Å². The molecule has 0 spiro atoms. The van der Waals surface area contributed by atoms with E-state index in [-0.39, 0.29) is 5.78 Å². The van der Waals surface area contributed by atoms with Gasteiger partial charge < -0.3 is 5.32 Å². The Morgan fingerprint density at radius 1 is 1.22 bits per heavy atom. The number of benzene rings is 1. The van der Waals surface area contributed by atoms with E-state index < -0.39 is 0 Å². The Labute approximate surface area is 162 Å². The predicted octanol–water partition coefficient (Wildman–Crippen LogP) is 4.54. The molecule has 2 aliphatic rings. The molecule has 5 rings (SSSR count). The lowest BCUT2D eigenvalue weighted by atomic mass is 9.94. The Bertz CT molecular complexity index is 1080. The maximum Gasteiger partial charge on any atom is 0.167 e. The zero-order valence-electron chi connectivity index (χ0n) is 15.1. The van der Waals surface area contributed by atoms with Gasteiger partial charge in [0.05, 0.1) is 11.4 Å². The van der Waals surface area contributed by atoms with E-state index in [9.17, 15) is 4.79 Å². The molecule has 2 aromatic heterocycles. The smallest absolute Gasteiger partial charge is 0.167 e. The van der Waals surface area contributed by atoms with Crippen LogP contribution >= 0.6 is 11.5 Å². The molecule has 1 aliphatic carbocycles. The SMILES string of the molecule is Cc1c(-c2ccc3c(c2)/C(=C/c2ccns2)C(=O)C3)cnc2c1NCCC2. The number of allylic oxidation sites excluding steroid dienone is 1. The topological polar surface area (TPSA) is 54.9 Å². The van der Waals surface area contributed by atoms with Crippen molar-refractivity contribution in [3.05, 3.63) is 63.9 Å². The Morgan fingerprint density at radius 2 is 2.15 bits per heavy atom. The first-order chi connectivity index (χ1) is 13.2. The van der Waals surface area contributed by atoms with Gasteiger partial charge in [0.1, 0.15) is 0 Å². The molecule has 27 heavy (non-hydrogen) atoms. The lowest BCUT2D eigenvalue weighted by Gasteiger charge is -2.21. The Morgan fingerprint density at radius 3 is 3.00 bits per heavy atom. The third kappa shape index (κ3) is 2.79. The molecule has 0 atom stereocenters. The number of nitrogens with zero attached hydrogens (tertiary/aromatic N) is 2. The highest BCUT2D eigenvalue weighted by molar-refractivity contribution is 7.06. The van der Waals surface area contributed by atoms with E-state index in [1.165, 1.54) is 22.8 Å². The number of rotatable bonds is 2. The molecule has 0 bridgehead atoms. The van der Waals surface area contributed by atoms with Crippen LogP contribution in [0.1, 0.15) is 33.7 Å². The summed E-state index contributed by atoms with van der Waals surface area (Å²) in [7, 11) is 0. The molecule has 1 aromatic carbocycles. The molecule has 0 amide bonds. The van der Waals surface area contributed by atoms with E-state index >= 15 is 0 Å². The molecule has 1 aliphatic heterocycles. The molecular formula is C22H19N3OS. The highest BCUT2D eigenvalue weighted by Gasteiger charge is 2.25. The maximum absolute atomic E-state index is 12.6. The summed E-state index contributed by atoms with van der Waals surface area (Å²) in [5.74, 6) is 0.178. The maximum atomic E-state index is 12.6. The second kappa shape index (κ2) is 6.43. The van der Waals surface area contributed by atoms with Gasteiger partial charge in [-0.2, -0.15) is 0 Å². The second-order valence-corrected chi connectivity index (χ2v) is 7.96. The van der Waals surface area contributed by atoms with Crippen molar-refractivity contribution in [3.8, 4) is 11.1 Å². The van der Waals surface area contributed by atoms with Crippen molar-refractivity contribution in [2.24, 2.45) is 0 Å². The van der Waals surface area contributed by atoms with Gasteiger partial charge in [-0.3, -0.25) is 9.78 Å². The van der Waals surface area contributed by atoms with Gasteiger partial charge in [0, 0.05) is 41.4 Å². The number of pyridine rings is 1. The summed E-state index contributed by atoms with van der Waals surface area (Å²) in [6, 6.07) is 8.28. The summed E-state index contributed by atoms with van der Waals surface area (Å²) < 4.78 is 4.13. The minimum Gasteiger partial charge on any atom is -0.383 e. The summed E-state index contributed by atoms with van der Waals surface area (Å²) >= 11 is 1.41. The number of hydrogen-bond donors (Lipinski definition) is 1. The van der Waals surface area contributed by atoms with Crippen LogP contribution in [0.15, 0.2) is 36.7 Å². The molecule has 0 radical (unpaired) electrons. The third-order valence-corrected chi connectivity index (χ3v) is 6.11. The normalized spacial score (nSPS) is 16.9. The molecule has 3 aromatic rings.